The standard InChI is InChI=1S/C19H21NO3.C4H10/c1-15(2)19(21)14-22-12-13-23-17-9-7-16(8-10-17)18-6-4-3-5-11-20-18;1-4(2)3/h4-11,15H,12-14H2,1-2H3;4H,1-3H3. The lowest BCUT2D eigenvalue weighted by molar-refractivity contribution is -0.126. The number of ketones is 1. The Morgan fingerprint density at radius 3 is 2.33 bits per heavy atom. The highest BCUT2D eigenvalue weighted by Crippen LogP contribution is 2.20. The second-order valence-electron chi connectivity index (χ2n) is 7.11. The van der Waals surface area contributed by atoms with Crippen molar-refractivity contribution in [2.24, 2.45) is 16.8 Å². The number of carbonyl (C=O) groups is 1. The van der Waals surface area contributed by atoms with Gasteiger partial charge in [-0.25, -0.2) is 0 Å². The van der Waals surface area contributed by atoms with Gasteiger partial charge in [-0.05, 0) is 48.4 Å². The number of Topliss-reactive ketones (excluding diaryl/α,β-unsaturated/α-hetero) is 1. The number of hydrogen-bond acceptors (Lipinski definition) is 4. The first-order valence-electron chi connectivity index (χ1n) is 9.39. The average molecular weight is 370 g/mol. The van der Waals surface area contributed by atoms with Crippen LogP contribution in [0.1, 0.15) is 40.2 Å². The number of nitrogens with zero attached hydrogens (tertiary/aromatic N) is 1. The van der Waals surface area contributed by atoms with Crippen molar-refractivity contribution in [1.82, 2.24) is 0 Å². The van der Waals surface area contributed by atoms with E-state index in [1.165, 1.54) is 0 Å². The second kappa shape index (κ2) is 12.9. The Balaban J connectivity index is 0.000000828. The molecule has 2 rings (SSSR count). The quantitative estimate of drug-likeness (QED) is 0.473. The van der Waals surface area contributed by atoms with Gasteiger partial charge >= 0.3 is 0 Å². The van der Waals surface area contributed by atoms with E-state index >= 15 is 0 Å². The Morgan fingerprint density at radius 1 is 1.04 bits per heavy atom. The van der Waals surface area contributed by atoms with Gasteiger partial charge in [0.25, 0.3) is 0 Å². The maximum atomic E-state index is 11.4. The van der Waals surface area contributed by atoms with E-state index in [-0.39, 0.29) is 18.3 Å². The molecule has 0 radical (unpaired) electrons. The Labute approximate surface area is 163 Å². The fraction of sp³-hybridized carbons (Fsp3) is 0.435. The van der Waals surface area contributed by atoms with Crippen LogP contribution in [-0.2, 0) is 9.53 Å². The van der Waals surface area contributed by atoms with Gasteiger partial charge < -0.3 is 9.47 Å². The zero-order chi connectivity index (χ0) is 20.1. The van der Waals surface area contributed by atoms with Gasteiger partial charge in [0.1, 0.15) is 19.0 Å². The third-order valence-electron chi connectivity index (χ3n) is 3.26. The molecule has 0 aliphatic carbocycles. The van der Waals surface area contributed by atoms with Gasteiger partial charge in [0, 0.05) is 17.7 Å². The van der Waals surface area contributed by atoms with Gasteiger partial charge in [0.05, 0.1) is 12.3 Å². The Kier molecular flexibility index (Phi) is 10.8. The molecule has 4 heteroatoms. The Bertz CT molecular complexity index is 688. The first-order valence-corrected chi connectivity index (χ1v) is 9.39. The van der Waals surface area contributed by atoms with Crippen molar-refractivity contribution in [2.45, 2.75) is 34.6 Å². The highest BCUT2D eigenvalue weighted by Gasteiger charge is 2.06. The molecule has 1 heterocycles. The van der Waals surface area contributed by atoms with E-state index < -0.39 is 0 Å². The third kappa shape index (κ3) is 10.3. The van der Waals surface area contributed by atoms with Crippen molar-refractivity contribution in [3.63, 3.8) is 0 Å². The monoisotopic (exact) mass is 369 g/mol. The van der Waals surface area contributed by atoms with Crippen LogP contribution in [0.5, 0.6) is 5.75 Å². The summed E-state index contributed by atoms with van der Waals surface area (Å²) in [7, 11) is 0. The van der Waals surface area contributed by atoms with Gasteiger partial charge in [0.2, 0.25) is 0 Å². The summed E-state index contributed by atoms with van der Waals surface area (Å²) in [5.41, 5.74) is 4.87. The predicted molar refractivity (Wildman–Crippen MR) is 112 cm³/mol. The van der Waals surface area contributed by atoms with Crippen LogP contribution in [0.2, 0.25) is 0 Å². The van der Waals surface area contributed by atoms with Gasteiger partial charge in [0.15, 0.2) is 5.78 Å². The lowest BCUT2D eigenvalue weighted by atomic mass is 10.1. The Morgan fingerprint density at radius 2 is 1.70 bits per heavy atom. The van der Waals surface area contributed by atoms with E-state index in [0.717, 1.165) is 22.9 Å². The van der Waals surface area contributed by atoms with Crippen molar-refractivity contribution in [2.75, 3.05) is 19.8 Å². The lowest BCUT2D eigenvalue weighted by Crippen LogP contribution is -2.17. The highest BCUT2D eigenvalue weighted by molar-refractivity contribution is 5.82. The SMILES string of the molecule is CC(C)C.CC(C)C(=O)COCCOc1ccc(C2=CC=C=CC=N2)cc1. The predicted octanol–water partition coefficient (Wildman–Crippen LogP) is 5.11. The van der Waals surface area contributed by atoms with Crippen molar-refractivity contribution in [1.29, 1.82) is 0 Å². The molecule has 27 heavy (non-hydrogen) atoms. The first kappa shape index (κ1) is 22.6. The molecule has 0 bridgehead atoms. The van der Waals surface area contributed by atoms with Gasteiger partial charge in [-0.3, -0.25) is 9.79 Å². The van der Waals surface area contributed by atoms with Crippen LogP contribution in [0.3, 0.4) is 0 Å². The average Bonchev–Trinajstić information content (AvgIpc) is 2.90. The van der Waals surface area contributed by atoms with Crippen LogP contribution in [-0.4, -0.2) is 31.8 Å². The van der Waals surface area contributed by atoms with Crippen molar-refractivity contribution in [3.8, 4) is 5.75 Å². The van der Waals surface area contributed by atoms with Gasteiger partial charge in [-0.1, -0.05) is 34.6 Å². The van der Waals surface area contributed by atoms with Crippen LogP contribution >= 0.6 is 0 Å². The summed E-state index contributed by atoms with van der Waals surface area (Å²) in [6.07, 6.45) is 7.23. The minimum atomic E-state index is 0.00876. The van der Waals surface area contributed by atoms with Gasteiger partial charge in [-0.15, -0.1) is 5.73 Å². The van der Waals surface area contributed by atoms with E-state index in [2.05, 4.69) is 31.5 Å². The molecule has 1 aromatic carbocycles. The molecule has 0 saturated heterocycles. The summed E-state index contributed by atoms with van der Waals surface area (Å²) in [5, 5.41) is 0. The smallest absolute Gasteiger partial charge is 0.160 e. The molecular weight excluding hydrogens is 338 g/mol. The molecule has 1 aliphatic heterocycles. The zero-order valence-corrected chi connectivity index (χ0v) is 17.1. The largest absolute Gasteiger partial charge is 0.491 e. The minimum absolute atomic E-state index is 0.00876. The van der Waals surface area contributed by atoms with Crippen LogP contribution in [0, 0.1) is 11.8 Å². The molecule has 1 aromatic rings. The molecule has 1 aliphatic rings. The van der Waals surface area contributed by atoms with Crippen molar-refractivity contribution in [3.05, 3.63) is 53.8 Å². The number of benzene rings is 1. The number of aliphatic imine (C=N–C) groups is 1. The first-order chi connectivity index (χ1) is 12.9. The normalized spacial score (nSPS) is 12.5. The fourth-order valence-electron chi connectivity index (χ4n) is 1.84. The number of hydrogen-bond donors (Lipinski definition) is 0. The summed E-state index contributed by atoms with van der Waals surface area (Å²) >= 11 is 0. The zero-order valence-electron chi connectivity index (χ0n) is 17.1. The maximum absolute atomic E-state index is 11.4. The molecule has 0 unspecified atom stereocenters. The summed E-state index contributed by atoms with van der Waals surface area (Å²) in [6, 6.07) is 7.71. The number of ether oxygens (including phenoxy) is 2. The molecule has 0 N–H and O–H groups in total. The van der Waals surface area contributed by atoms with Crippen molar-refractivity contribution < 1.29 is 14.3 Å². The summed E-state index contributed by atoms with van der Waals surface area (Å²) < 4.78 is 10.9. The third-order valence-corrected chi connectivity index (χ3v) is 3.26. The van der Waals surface area contributed by atoms with Crippen LogP contribution in [0.25, 0.3) is 5.70 Å². The van der Waals surface area contributed by atoms with Crippen molar-refractivity contribution >= 4 is 17.7 Å². The maximum Gasteiger partial charge on any atom is 0.160 e. The summed E-state index contributed by atoms with van der Waals surface area (Å²) in [6.45, 7) is 11.2. The summed E-state index contributed by atoms with van der Waals surface area (Å²) in [5.74, 6) is 1.71. The molecule has 146 valence electrons. The lowest BCUT2D eigenvalue weighted by Gasteiger charge is -2.09. The molecule has 0 aromatic heterocycles. The molecule has 0 spiro atoms. The Hall–Kier alpha value is -2.42. The van der Waals surface area contributed by atoms with Crippen LogP contribution < -0.4 is 4.74 Å². The van der Waals surface area contributed by atoms with E-state index in [9.17, 15) is 4.79 Å². The molecule has 0 fully saturated rings. The van der Waals surface area contributed by atoms with E-state index in [1.54, 1.807) is 12.3 Å². The second-order valence-corrected chi connectivity index (χ2v) is 7.11. The van der Waals surface area contributed by atoms with Gasteiger partial charge in [-0.2, -0.15) is 0 Å². The minimum Gasteiger partial charge on any atom is -0.491 e. The molecule has 4 nitrogen and oxygen atoms in total. The number of rotatable bonds is 8. The van der Waals surface area contributed by atoms with E-state index in [0.29, 0.717) is 13.2 Å². The highest BCUT2D eigenvalue weighted by atomic mass is 16.5. The van der Waals surface area contributed by atoms with Crippen LogP contribution in [0.4, 0.5) is 0 Å². The fourth-order valence-corrected chi connectivity index (χ4v) is 1.84. The molecule has 0 saturated carbocycles. The summed E-state index contributed by atoms with van der Waals surface area (Å²) in [4.78, 5) is 15.7. The molecule has 0 amide bonds. The topological polar surface area (TPSA) is 47.9 Å². The number of allylic oxidation sites excluding steroid dienone is 2. The molecular formula is C23H31NO3. The van der Waals surface area contributed by atoms with Crippen LogP contribution in [0.15, 0.2) is 53.2 Å². The molecule has 0 atom stereocenters. The number of carbonyl (C=O) groups excluding carboxylic acids is 1. The van der Waals surface area contributed by atoms with E-state index in [1.807, 2.05) is 50.3 Å². The van der Waals surface area contributed by atoms with E-state index in [4.69, 9.17) is 9.47 Å².